The SMILES string of the molecule is COC1C2C(=O)C(=O)C1C1C(=O)C(C)=C(C)OC1C2N. The van der Waals surface area contributed by atoms with E-state index in [1.807, 2.05) is 0 Å². The van der Waals surface area contributed by atoms with Crippen molar-refractivity contribution in [1.29, 1.82) is 0 Å². The molecule has 0 radical (unpaired) electrons. The second-order valence-electron chi connectivity index (χ2n) is 5.71. The summed E-state index contributed by atoms with van der Waals surface area (Å²) >= 11 is 0. The highest BCUT2D eigenvalue weighted by Crippen LogP contribution is 2.47. The van der Waals surface area contributed by atoms with Crippen molar-refractivity contribution >= 4 is 17.3 Å². The van der Waals surface area contributed by atoms with Crippen molar-refractivity contribution < 1.29 is 23.9 Å². The molecular formula is C14H17NO5. The lowest BCUT2D eigenvalue weighted by Crippen LogP contribution is -2.61. The van der Waals surface area contributed by atoms with Gasteiger partial charge in [-0.25, -0.2) is 0 Å². The highest BCUT2D eigenvalue weighted by Gasteiger charge is 2.65. The molecule has 6 nitrogen and oxygen atoms in total. The van der Waals surface area contributed by atoms with E-state index >= 15 is 0 Å². The first kappa shape index (κ1) is 13.5. The van der Waals surface area contributed by atoms with Crippen molar-refractivity contribution in [3.63, 3.8) is 0 Å². The van der Waals surface area contributed by atoms with Crippen LogP contribution >= 0.6 is 0 Å². The van der Waals surface area contributed by atoms with Gasteiger partial charge in [-0.3, -0.25) is 14.4 Å². The number of hydrogen-bond donors (Lipinski definition) is 1. The van der Waals surface area contributed by atoms with Gasteiger partial charge in [0.15, 0.2) is 5.78 Å². The predicted octanol–water partition coefficient (Wildman–Crippen LogP) is -0.395. The number of carbonyl (C=O) groups is 3. The minimum Gasteiger partial charge on any atom is -0.492 e. The molecule has 108 valence electrons. The second-order valence-corrected chi connectivity index (χ2v) is 5.71. The maximum atomic E-state index is 12.5. The van der Waals surface area contributed by atoms with E-state index in [0.717, 1.165) is 0 Å². The molecule has 2 aliphatic carbocycles. The summed E-state index contributed by atoms with van der Waals surface area (Å²) in [6.07, 6.45) is -1.24. The molecule has 2 N–H and O–H groups in total. The number of ketones is 3. The van der Waals surface area contributed by atoms with Crippen LogP contribution in [0.4, 0.5) is 0 Å². The van der Waals surface area contributed by atoms with Gasteiger partial charge in [-0.1, -0.05) is 0 Å². The summed E-state index contributed by atoms with van der Waals surface area (Å²) < 4.78 is 11.0. The van der Waals surface area contributed by atoms with E-state index in [4.69, 9.17) is 15.2 Å². The highest BCUT2D eigenvalue weighted by molar-refractivity contribution is 6.42. The number of methoxy groups -OCH3 is 1. The van der Waals surface area contributed by atoms with Crippen molar-refractivity contribution in [2.24, 2.45) is 23.5 Å². The van der Waals surface area contributed by atoms with E-state index in [1.165, 1.54) is 7.11 Å². The summed E-state index contributed by atoms with van der Waals surface area (Å²) in [5.41, 5.74) is 6.59. The molecule has 0 saturated heterocycles. The Morgan fingerprint density at radius 2 is 1.60 bits per heavy atom. The molecule has 0 aromatic carbocycles. The molecule has 2 saturated carbocycles. The van der Waals surface area contributed by atoms with Crippen molar-refractivity contribution in [2.45, 2.75) is 32.1 Å². The van der Waals surface area contributed by atoms with Gasteiger partial charge in [-0.05, 0) is 13.8 Å². The maximum Gasteiger partial charge on any atom is 0.206 e. The normalized spacial score (nSPS) is 43.7. The summed E-state index contributed by atoms with van der Waals surface area (Å²) in [6.45, 7) is 3.36. The van der Waals surface area contributed by atoms with Gasteiger partial charge in [0.25, 0.3) is 0 Å². The fourth-order valence-electron chi connectivity index (χ4n) is 3.73. The minimum atomic E-state index is -0.766. The van der Waals surface area contributed by atoms with Crippen LogP contribution in [0.3, 0.4) is 0 Å². The first-order valence-corrected chi connectivity index (χ1v) is 6.65. The van der Waals surface area contributed by atoms with Crippen LogP contribution in [0.5, 0.6) is 0 Å². The third kappa shape index (κ3) is 1.43. The first-order valence-electron chi connectivity index (χ1n) is 6.65. The molecule has 3 rings (SSSR count). The van der Waals surface area contributed by atoms with Crippen molar-refractivity contribution in [2.75, 3.05) is 7.11 Å². The van der Waals surface area contributed by atoms with Gasteiger partial charge in [0, 0.05) is 12.7 Å². The van der Waals surface area contributed by atoms with Crippen LogP contribution in [0.2, 0.25) is 0 Å². The topological polar surface area (TPSA) is 95.7 Å². The van der Waals surface area contributed by atoms with E-state index in [0.29, 0.717) is 11.3 Å². The molecule has 6 atom stereocenters. The third-order valence-corrected chi connectivity index (χ3v) is 4.88. The van der Waals surface area contributed by atoms with Crippen LogP contribution in [-0.2, 0) is 23.9 Å². The average Bonchev–Trinajstić information content (AvgIpc) is 2.63. The zero-order valence-electron chi connectivity index (χ0n) is 11.6. The number of fused-ring (bicyclic) bond motifs is 4. The van der Waals surface area contributed by atoms with E-state index in [2.05, 4.69) is 0 Å². The monoisotopic (exact) mass is 279 g/mol. The molecule has 0 aromatic rings. The Balaban J connectivity index is 2.13. The lowest BCUT2D eigenvalue weighted by molar-refractivity contribution is -0.148. The van der Waals surface area contributed by atoms with Gasteiger partial charge in [0.2, 0.25) is 11.6 Å². The second kappa shape index (κ2) is 4.23. The fraction of sp³-hybridized carbons (Fsp3) is 0.643. The van der Waals surface area contributed by atoms with Gasteiger partial charge < -0.3 is 15.2 Å². The minimum absolute atomic E-state index is 0.164. The Morgan fingerprint density at radius 1 is 1.00 bits per heavy atom. The van der Waals surface area contributed by atoms with Crippen molar-refractivity contribution in [3.05, 3.63) is 11.3 Å². The summed E-state index contributed by atoms with van der Waals surface area (Å²) in [5.74, 6) is -2.92. The number of Topliss-reactive ketones (excluding diaryl/α,β-unsaturated/α-hetero) is 3. The van der Waals surface area contributed by atoms with Crippen LogP contribution in [-0.4, -0.2) is 42.7 Å². The largest absolute Gasteiger partial charge is 0.492 e. The maximum absolute atomic E-state index is 12.5. The number of nitrogens with two attached hydrogens (primary N) is 1. The standard InChI is InChI=1S/C14H17NO5/c1-4-5(2)20-14-6(10(4)16)7-11(17)12(18)8(9(14)15)13(7)19-3/h6-9,13-14H,15H2,1-3H3. The fourth-order valence-corrected chi connectivity index (χ4v) is 3.73. The van der Waals surface area contributed by atoms with Gasteiger partial charge in [0.05, 0.1) is 35.7 Å². The molecule has 0 amide bonds. The summed E-state index contributed by atoms with van der Waals surface area (Å²) in [6, 6.07) is -0.702. The van der Waals surface area contributed by atoms with Gasteiger partial charge >= 0.3 is 0 Å². The zero-order chi connectivity index (χ0) is 14.8. The average molecular weight is 279 g/mol. The smallest absolute Gasteiger partial charge is 0.206 e. The Labute approximate surface area is 116 Å². The first-order chi connectivity index (χ1) is 9.40. The van der Waals surface area contributed by atoms with Gasteiger partial charge in [0.1, 0.15) is 6.10 Å². The molecular weight excluding hydrogens is 262 g/mol. The zero-order valence-corrected chi connectivity index (χ0v) is 11.6. The molecule has 2 bridgehead atoms. The number of hydrogen-bond acceptors (Lipinski definition) is 6. The van der Waals surface area contributed by atoms with Crippen LogP contribution in [0.1, 0.15) is 13.8 Å². The molecule has 6 heteroatoms. The van der Waals surface area contributed by atoms with Crippen LogP contribution in [0.25, 0.3) is 0 Å². The van der Waals surface area contributed by atoms with Crippen LogP contribution in [0.15, 0.2) is 11.3 Å². The molecule has 1 aliphatic heterocycles. The highest BCUT2D eigenvalue weighted by atomic mass is 16.5. The van der Waals surface area contributed by atoms with Crippen LogP contribution < -0.4 is 5.73 Å². The summed E-state index contributed by atoms with van der Waals surface area (Å²) in [5, 5.41) is 0. The molecule has 6 unspecified atom stereocenters. The van der Waals surface area contributed by atoms with Gasteiger partial charge in [-0.2, -0.15) is 0 Å². The summed E-state index contributed by atoms with van der Waals surface area (Å²) in [4.78, 5) is 36.8. The number of rotatable bonds is 1. The van der Waals surface area contributed by atoms with E-state index < -0.39 is 47.6 Å². The predicted molar refractivity (Wildman–Crippen MR) is 67.5 cm³/mol. The Bertz CT molecular complexity index is 552. The molecule has 1 heterocycles. The molecule has 20 heavy (non-hydrogen) atoms. The van der Waals surface area contributed by atoms with E-state index in [9.17, 15) is 14.4 Å². The molecule has 0 spiro atoms. The Kier molecular flexibility index (Phi) is 2.85. The quantitative estimate of drug-likeness (QED) is 0.656. The Hall–Kier alpha value is -1.53. The Morgan fingerprint density at radius 3 is 2.20 bits per heavy atom. The van der Waals surface area contributed by atoms with Crippen molar-refractivity contribution in [3.8, 4) is 0 Å². The van der Waals surface area contributed by atoms with E-state index in [1.54, 1.807) is 13.8 Å². The lowest BCUT2D eigenvalue weighted by Gasteiger charge is -2.44. The lowest BCUT2D eigenvalue weighted by atomic mass is 9.69. The van der Waals surface area contributed by atoms with E-state index in [-0.39, 0.29) is 5.78 Å². The van der Waals surface area contributed by atoms with Crippen molar-refractivity contribution in [1.82, 2.24) is 0 Å². The third-order valence-electron chi connectivity index (χ3n) is 4.88. The van der Waals surface area contributed by atoms with Crippen LogP contribution in [0, 0.1) is 17.8 Å². The number of carbonyl (C=O) groups excluding carboxylic acids is 3. The molecule has 0 aromatic heterocycles. The summed E-state index contributed by atoms with van der Waals surface area (Å²) in [7, 11) is 1.44. The molecule has 3 aliphatic rings. The number of ether oxygens (including phenoxy) is 2. The molecule has 2 fully saturated rings. The van der Waals surface area contributed by atoms with Gasteiger partial charge in [-0.15, -0.1) is 0 Å². The number of allylic oxidation sites excluding steroid dienone is 2.